The summed E-state index contributed by atoms with van der Waals surface area (Å²) in [5.41, 5.74) is 12.4. The van der Waals surface area contributed by atoms with Crippen molar-refractivity contribution in [2.24, 2.45) is 11.7 Å². The van der Waals surface area contributed by atoms with Gasteiger partial charge in [-0.2, -0.15) is 0 Å². The van der Waals surface area contributed by atoms with Gasteiger partial charge in [0, 0.05) is 5.92 Å². The molecule has 0 aromatic carbocycles. The monoisotopic (exact) mass is 397 g/mol. The predicted octanol–water partition coefficient (Wildman–Crippen LogP) is 7.41. The van der Waals surface area contributed by atoms with E-state index in [9.17, 15) is 0 Å². The van der Waals surface area contributed by atoms with E-state index in [1.165, 1.54) is 34.9 Å². The van der Waals surface area contributed by atoms with Crippen molar-refractivity contribution in [1.82, 2.24) is 6.15 Å². The molecule has 0 saturated carbocycles. The first kappa shape index (κ1) is 29.0. The molecule has 0 saturated heterocycles. The van der Waals surface area contributed by atoms with Crippen LogP contribution in [-0.2, 0) is 0 Å². The van der Waals surface area contributed by atoms with Crippen molar-refractivity contribution in [2.45, 2.75) is 60.8 Å². The van der Waals surface area contributed by atoms with Crippen LogP contribution in [0.15, 0.2) is 82.5 Å². The lowest BCUT2D eigenvalue weighted by Gasteiger charge is -2.33. The fourth-order valence-electron chi connectivity index (χ4n) is 3.29. The molecule has 0 fully saturated rings. The van der Waals surface area contributed by atoms with Crippen molar-refractivity contribution in [3.63, 3.8) is 0 Å². The molecule has 29 heavy (non-hydrogen) atoms. The topological polar surface area (TPSA) is 84.9 Å². The molecular weight excluding hydrogens is 354 g/mol. The molecule has 0 spiro atoms. The first-order chi connectivity index (χ1) is 13.8. The van der Waals surface area contributed by atoms with Crippen LogP contribution in [0.4, 0.5) is 0 Å². The number of allylic oxidation sites excluding steroid dienone is 14. The number of rotatable bonds is 2. The Morgan fingerprint density at radius 1 is 0.931 bits per heavy atom. The van der Waals surface area contributed by atoms with Gasteiger partial charge in [0.15, 0.2) is 0 Å². The van der Waals surface area contributed by atoms with Crippen molar-refractivity contribution in [3.8, 4) is 0 Å². The van der Waals surface area contributed by atoms with Crippen LogP contribution in [0, 0.1) is 11.3 Å². The molecule has 0 aliphatic heterocycles. The van der Waals surface area contributed by atoms with Gasteiger partial charge < -0.3 is 17.3 Å². The summed E-state index contributed by atoms with van der Waals surface area (Å²) in [6.45, 7) is 12.6. The van der Waals surface area contributed by atoms with Crippen LogP contribution >= 0.6 is 0 Å². The van der Waals surface area contributed by atoms with Crippen LogP contribution in [0.3, 0.4) is 0 Å². The molecule has 0 heterocycles. The molecule has 3 nitrogen and oxygen atoms in total. The predicted molar refractivity (Wildman–Crippen MR) is 133 cm³/mol. The third-order valence-electron chi connectivity index (χ3n) is 4.31. The van der Waals surface area contributed by atoms with Gasteiger partial charge >= 0.3 is 0 Å². The Balaban J connectivity index is 0. The highest BCUT2D eigenvalue weighted by Gasteiger charge is 2.31. The number of nitrogens with two attached hydrogens (primary N) is 1. The smallest absolute Gasteiger partial charge is 0.0348 e. The summed E-state index contributed by atoms with van der Waals surface area (Å²) in [5, 5.41) is 6.40. The molecule has 4 aliphatic rings. The van der Waals surface area contributed by atoms with E-state index in [2.05, 4.69) is 54.7 Å². The molecule has 4 rings (SSSR count). The minimum atomic E-state index is 0. The minimum absolute atomic E-state index is 0. The Bertz CT molecular complexity index is 683. The molecule has 0 aromatic heterocycles. The largest absolute Gasteiger partial charge is 0.344 e. The Hall–Kier alpha value is -2.23. The number of nitrogens with one attached hydrogen (secondary N) is 1. The molecule has 3 heteroatoms. The second-order valence-electron chi connectivity index (χ2n) is 5.74. The van der Waals surface area contributed by atoms with Gasteiger partial charge in [0.05, 0.1) is 0 Å². The molecule has 6 N–H and O–H groups in total. The number of hydrogen-bond donors (Lipinski definition) is 3. The maximum Gasteiger partial charge on any atom is 0.0348 e. The maximum absolute atomic E-state index is 6.40. The van der Waals surface area contributed by atoms with Crippen molar-refractivity contribution in [2.75, 3.05) is 6.54 Å². The van der Waals surface area contributed by atoms with E-state index in [0.29, 0.717) is 18.9 Å². The highest BCUT2D eigenvalue weighted by atomic mass is 14.5. The van der Waals surface area contributed by atoms with Crippen molar-refractivity contribution in [1.29, 1.82) is 5.41 Å². The molecule has 0 aromatic rings. The second-order valence-corrected chi connectivity index (χ2v) is 5.74. The van der Waals surface area contributed by atoms with Crippen LogP contribution in [0.5, 0.6) is 0 Å². The maximum atomic E-state index is 6.40. The normalized spacial score (nSPS) is 18.4. The van der Waals surface area contributed by atoms with Crippen LogP contribution in [-0.4, -0.2) is 12.8 Å². The van der Waals surface area contributed by atoms with E-state index in [-0.39, 0.29) is 6.15 Å². The summed E-state index contributed by atoms with van der Waals surface area (Å²) < 4.78 is 0. The first-order valence-electron chi connectivity index (χ1n) is 10.9. The zero-order valence-electron chi connectivity index (χ0n) is 19.5. The Morgan fingerprint density at radius 2 is 1.59 bits per heavy atom. The summed E-state index contributed by atoms with van der Waals surface area (Å²) >= 11 is 0. The van der Waals surface area contributed by atoms with Gasteiger partial charge in [0.2, 0.25) is 0 Å². The second kappa shape index (κ2) is 17.8. The van der Waals surface area contributed by atoms with E-state index >= 15 is 0 Å². The van der Waals surface area contributed by atoms with Crippen molar-refractivity contribution in [3.05, 3.63) is 82.5 Å². The van der Waals surface area contributed by atoms with E-state index in [1.807, 2.05) is 41.5 Å². The molecule has 0 bridgehead atoms. The van der Waals surface area contributed by atoms with E-state index < -0.39 is 0 Å². The van der Waals surface area contributed by atoms with Gasteiger partial charge in [0.1, 0.15) is 0 Å². The summed E-state index contributed by atoms with van der Waals surface area (Å²) in [7, 11) is 0. The van der Waals surface area contributed by atoms with Gasteiger partial charge in [0.25, 0.3) is 0 Å². The molecule has 1 atom stereocenters. The molecular formula is C26H43N3. The lowest BCUT2D eigenvalue weighted by Crippen LogP contribution is -2.19. The quantitative estimate of drug-likeness (QED) is 0.424. The van der Waals surface area contributed by atoms with Crippen LogP contribution < -0.4 is 11.9 Å². The average molecular weight is 398 g/mol. The van der Waals surface area contributed by atoms with Crippen LogP contribution in [0.2, 0.25) is 0 Å². The fraction of sp³-hybridized carbons (Fsp3) is 0.423. The molecule has 162 valence electrons. The lowest BCUT2D eigenvalue weighted by molar-refractivity contribution is 0.823. The third-order valence-corrected chi connectivity index (χ3v) is 4.31. The minimum Gasteiger partial charge on any atom is -0.344 e. The number of hydrogen-bond acceptors (Lipinski definition) is 3. The zero-order valence-corrected chi connectivity index (χ0v) is 19.5. The standard InChI is InChI=1S/C17H14.C3H8N2.3C2H6.H3N/c1-2-5-13-9-11-15-7-3-6-14-10-8-12(4-1)16(13)17(14)15;4-2-1-3-5;3*1-2;/h1,3-4,6-11,17H,2,5H2;2,4H,1,3,5H2;3*1-2H3;1H3. The average Bonchev–Trinajstić information content (AvgIpc) is 3.01. The Morgan fingerprint density at radius 3 is 2.17 bits per heavy atom. The first-order valence-corrected chi connectivity index (χ1v) is 10.9. The molecule has 1 unspecified atom stereocenters. The Labute approximate surface area is 179 Å². The summed E-state index contributed by atoms with van der Waals surface area (Å²) in [6.07, 6.45) is 24.8. The summed E-state index contributed by atoms with van der Waals surface area (Å²) in [5.74, 6) is 0.503. The van der Waals surface area contributed by atoms with E-state index in [1.54, 1.807) is 5.57 Å². The van der Waals surface area contributed by atoms with Crippen LogP contribution in [0.25, 0.3) is 0 Å². The van der Waals surface area contributed by atoms with Gasteiger partial charge in [-0.1, -0.05) is 96.2 Å². The van der Waals surface area contributed by atoms with Gasteiger partial charge in [-0.25, -0.2) is 0 Å². The van der Waals surface area contributed by atoms with Gasteiger partial charge in [-0.3, -0.25) is 0 Å². The lowest BCUT2D eigenvalue weighted by atomic mass is 9.71. The molecule has 4 aliphatic carbocycles. The van der Waals surface area contributed by atoms with Gasteiger partial charge in [-0.15, -0.1) is 0 Å². The third kappa shape index (κ3) is 7.96. The van der Waals surface area contributed by atoms with E-state index in [0.717, 1.165) is 6.42 Å². The van der Waals surface area contributed by atoms with Crippen molar-refractivity contribution >= 4 is 6.21 Å². The van der Waals surface area contributed by atoms with Gasteiger partial charge in [-0.05, 0) is 59.9 Å². The highest BCUT2D eigenvalue weighted by molar-refractivity contribution is 5.65. The highest BCUT2D eigenvalue weighted by Crippen LogP contribution is 2.45. The van der Waals surface area contributed by atoms with Crippen molar-refractivity contribution < 1.29 is 0 Å². The molecule has 0 amide bonds. The van der Waals surface area contributed by atoms with E-state index in [4.69, 9.17) is 11.1 Å². The summed E-state index contributed by atoms with van der Waals surface area (Å²) in [4.78, 5) is 0. The summed E-state index contributed by atoms with van der Waals surface area (Å²) in [6, 6.07) is 0. The van der Waals surface area contributed by atoms with Crippen LogP contribution in [0.1, 0.15) is 60.8 Å². The SMILES string of the molecule is C1=CC2=CC=C3CCC=CC4=C3C2C(=C1)C=C4.CC.CC.CC.N.N=CCCN. The zero-order chi connectivity index (χ0) is 21.4. The molecule has 0 radical (unpaired) electrons. The Kier molecular flexibility index (Phi) is 17.8. The fourth-order valence-corrected chi connectivity index (χ4v) is 3.29.